The summed E-state index contributed by atoms with van der Waals surface area (Å²) in [6, 6.07) is 5.66. The number of hydrogen-bond acceptors (Lipinski definition) is 3. The van der Waals surface area contributed by atoms with Crippen LogP contribution in [0.25, 0.3) is 0 Å². The first-order valence-electron chi connectivity index (χ1n) is 8.01. The highest BCUT2D eigenvalue weighted by Crippen LogP contribution is 2.24. The van der Waals surface area contributed by atoms with Gasteiger partial charge in [-0.1, -0.05) is 25.8 Å². The fourth-order valence-corrected chi connectivity index (χ4v) is 2.96. The molecule has 22 heavy (non-hydrogen) atoms. The molecule has 0 aliphatic heterocycles. The van der Waals surface area contributed by atoms with Gasteiger partial charge in [0.15, 0.2) is 12.4 Å². The Balaban J connectivity index is 1.93. The highest BCUT2D eigenvalue weighted by atomic mass is 16.5. The van der Waals surface area contributed by atoms with E-state index in [2.05, 4.69) is 12.2 Å². The van der Waals surface area contributed by atoms with E-state index in [1.807, 2.05) is 13.0 Å². The number of ketones is 1. The average molecular weight is 303 g/mol. The Morgan fingerprint density at radius 3 is 2.68 bits per heavy atom. The number of rotatable bonds is 5. The molecule has 2 unspecified atom stereocenters. The first-order chi connectivity index (χ1) is 10.5. The van der Waals surface area contributed by atoms with Gasteiger partial charge in [-0.2, -0.15) is 0 Å². The molecule has 0 aromatic heterocycles. The number of benzene rings is 1. The van der Waals surface area contributed by atoms with Gasteiger partial charge in [-0.05, 0) is 50.3 Å². The van der Waals surface area contributed by atoms with E-state index in [-0.39, 0.29) is 24.3 Å². The Labute approximate surface area is 132 Å². The maximum Gasteiger partial charge on any atom is 0.258 e. The summed E-state index contributed by atoms with van der Waals surface area (Å²) in [4.78, 5) is 23.7. The Kier molecular flexibility index (Phi) is 5.58. The van der Waals surface area contributed by atoms with Crippen LogP contribution in [0.3, 0.4) is 0 Å². The van der Waals surface area contributed by atoms with Crippen molar-refractivity contribution in [1.29, 1.82) is 0 Å². The molecule has 1 saturated carbocycles. The zero-order valence-electron chi connectivity index (χ0n) is 13.6. The standard InChI is InChI=1S/C18H25NO3/c1-12-8-9-15(14(3)20)17(10-12)22-11-18(21)19-16-7-5-4-6-13(16)2/h8-10,13,16H,4-7,11H2,1-3H3,(H,19,21). The summed E-state index contributed by atoms with van der Waals surface area (Å²) < 4.78 is 5.58. The molecule has 1 aromatic carbocycles. The maximum absolute atomic E-state index is 12.1. The van der Waals surface area contributed by atoms with Gasteiger partial charge < -0.3 is 10.1 Å². The number of hydrogen-bond donors (Lipinski definition) is 1. The first-order valence-corrected chi connectivity index (χ1v) is 8.01. The monoisotopic (exact) mass is 303 g/mol. The molecule has 0 saturated heterocycles. The molecule has 120 valence electrons. The Morgan fingerprint density at radius 2 is 2.00 bits per heavy atom. The molecule has 2 rings (SSSR count). The molecule has 4 heteroatoms. The third kappa shape index (κ3) is 4.33. The summed E-state index contributed by atoms with van der Waals surface area (Å²) in [5, 5.41) is 3.05. The van der Waals surface area contributed by atoms with Crippen LogP contribution in [-0.2, 0) is 4.79 Å². The zero-order valence-corrected chi connectivity index (χ0v) is 13.6. The molecule has 0 radical (unpaired) electrons. The summed E-state index contributed by atoms with van der Waals surface area (Å²) in [5.41, 5.74) is 1.52. The Bertz CT molecular complexity index is 553. The van der Waals surface area contributed by atoms with Gasteiger partial charge in [0, 0.05) is 6.04 Å². The summed E-state index contributed by atoms with van der Waals surface area (Å²) in [7, 11) is 0. The van der Waals surface area contributed by atoms with Gasteiger partial charge in [-0.25, -0.2) is 0 Å². The molecule has 1 aromatic rings. The number of carbonyl (C=O) groups is 2. The van der Waals surface area contributed by atoms with Crippen LogP contribution >= 0.6 is 0 Å². The Hall–Kier alpha value is -1.84. The number of Topliss-reactive ketones (excluding diaryl/α,β-unsaturated/α-hetero) is 1. The third-order valence-electron chi connectivity index (χ3n) is 4.33. The van der Waals surface area contributed by atoms with E-state index in [0.29, 0.717) is 17.2 Å². The molecular weight excluding hydrogens is 278 g/mol. The van der Waals surface area contributed by atoms with Crippen molar-refractivity contribution in [1.82, 2.24) is 5.32 Å². The lowest BCUT2D eigenvalue weighted by Gasteiger charge is -2.29. The van der Waals surface area contributed by atoms with Gasteiger partial charge in [0.2, 0.25) is 0 Å². The minimum absolute atomic E-state index is 0.0487. The van der Waals surface area contributed by atoms with Gasteiger partial charge >= 0.3 is 0 Å². The molecule has 1 N–H and O–H groups in total. The van der Waals surface area contributed by atoms with Crippen molar-refractivity contribution in [2.75, 3.05) is 6.61 Å². The highest BCUT2D eigenvalue weighted by Gasteiger charge is 2.23. The second-order valence-corrected chi connectivity index (χ2v) is 6.28. The predicted molar refractivity (Wildman–Crippen MR) is 86.2 cm³/mol. The van der Waals surface area contributed by atoms with Crippen LogP contribution < -0.4 is 10.1 Å². The highest BCUT2D eigenvalue weighted by molar-refractivity contribution is 5.97. The quantitative estimate of drug-likeness (QED) is 0.849. The molecule has 2 atom stereocenters. The fraction of sp³-hybridized carbons (Fsp3) is 0.556. The largest absolute Gasteiger partial charge is 0.483 e. The molecule has 1 fully saturated rings. The molecule has 0 spiro atoms. The van der Waals surface area contributed by atoms with Gasteiger partial charge in [0.25, 0.3) is 5.91 Å². The van der Waals surface area contributed by atoms with E-state index >= 15 is 0 Å². The van der Waals surface area contributed by atoms with E-state index in [0.717, 1.165) is 18.4 Å². The van der Waals surface area contributed by atoms with Crippen LogP contribution in [0.2, 0.25) is 0 Å². The number of ether oxygens (including phenoxy) is 1. The van der Waals surface area contributed by atoms with Crippen molar-refractivity contribution in [3.8, 4) is 5.75 Å². The van der Waals surface area contributed by atoms with Gasteiger partial charge in [-0.15, -0.1) is 0 Å². The molecule has 0 bridgehead atoms. The second kappa shape index (κ2) is 7.43. The van der Waals surface area contributed by atoms with Crippen molar-refractivity contribution in [3.05, 3.63) is 29.3 Å². The SMILES string of the molecule is CC(=O)c1ccc(C)cc1OCC(=O)NC1CCCCC1C. The zero-order chi connectivity index (χ0) is 16.1. The summed E-state index contributed by atoms with van der Waals surface area (Å²) in [6.07, 6.45) is 4.62. The lowest BCUT2D eigenvalue weighted by molar-refractivity contribution is -0.124. The van der Waals surface area contributed by atoms with E-state index in [9.17, 15) is 9.59 Å². The minimum atomic E-state index is -0.116. The third-order valence-corrected chi connectivity index (χ3v) is 4.33. The summed E-state index contributed by atoms with van der Waals surface area (Å²) >= 11 is 0. The van der Waals surface area contributed by atoms with Crippen molar-refractivity contribution >= 4 is 11.7 Å². The number of nitrogens with one attached hydrogen (secondary N) is 1. The second-order valence-electron chi connectivity index (χ2n) is 6.28. The molecule has 1 aliphatic rings. The fourth-order valence-electron chi connectivity index (χ4n) is 2.96. The summed E-state index contributed by atoms with van der Waals surface area (Å²) in [5.74, 6) is 0.829. The van der Waals surface area contributed by atoms with E-state index in [1.54, 1.807) is 12.1 Å². The molecule has 0 heterocycles. The van der Waals surface area contributed by atoms with Crippen LogP contribution in [0, 0.1) is 12.8 Å². The van der Waals surface area contributed by atoms with Crippen LogP contribution in [0.4, 0.5) is 0 Å². The topological polar surface area (TPSA) is 55.4 Å². The molecule has 1 amide bonds. The first kappa shape index (κ1) is 16.5. The average Bonchev–Trinajstić information content (AvgIpc) is 2.47. The van der Waals surface area contributed by atoms with E-state index in [1.165, 1.54) is 19.8 Å². The van der Waals surface area contributed by atoms with Gasteiger partial charge in [0.1, 0.15) is 5.75 Å². The van der Waals surface area contributed by atoms with Crippen molar-refractivity contribution in [3.63, 3.8) is 0 Å². The Morgan fingerprint density at radius 1 is 1.27 bits per heavy atom. The lowest BCUT2D eigenvalue weighted by Crippen LogP contribution is -2.43. The molecule has 4 nitrogen and oxygen atoms in total. The van der Waals surface area contributed by atoms with Crippen LogP contribution in [-0.4, -0.2) is 24.3 Å². The van der Waals surface area contributed by atoms with E-state index in [4.69, 9.17) is 4.74 Å². The maximum atomic E-state index is 12.1. The lowest BCUT2D eigenvalue weighted by atomic mass is 9.86. The van der Waals surface area contributed by atoms with Gasteiger partial charge in [0.05, 0.1) is 5.56 Å². The van der Waals surface area contributed by atoms with Gasteiger partial charge in [-0.3, -0.25) is 9.59 Å². The number of carbonyl (C=O) groups excluding carboxylic acids is 2. The van der Waals surface area contributed by atoms with Crippen molar-refractivity contribution in [2.45, 2.75) is 52.5 Å². The number of aryl methyl sites for hydroxylation is 1. The normalized spacial score (nSPS) is 21.2. The van der Waals surface area contributed by atoms with Crippen LogP contribution in [0.1, 0.15) is 55.5 Å². The van der Waals surface area contributed by atoms with E-state index < -0.39 is 0 Å². The van der Waals surface area contributed by atoms with Crippen LogP contribution in [0.5, 0.6) is 5.75 Å². The summed E-state index contributed by atoms with van der Waals surface area (Å²) in [6.45, 7) is 5.56. The minimum Gasteiger partial charge on any atom is -0.483 e. The molecule has 1 aliphatic carbocycles. The smallest absolute Gasteiger partial charge is 0.258 e. The van der Waals surface area contributed by atoms with Crippen molar-refractivity contribution < 1.29 is 14.3 Å². The predicted octanol–water partition coefficient (Wildman–Crippen LogP) is 3.27. The van der Waals surface area contributed by atoms with Crippen LogP contribution in [0.15, 0.2) is 18.2 Å². The van der Waals surface area contributed by atoms with Crippen molar-refractivity contribution in [2.24, 2.45) is 5.92 Å². The molecular formula is C18H25NO3. The number of amides is 1.